The molecule has 2 aromatic carbocycles. The molecule has 0 aromatic heterocycles. The molecule has 156 valence electrons. The van der Waals surface area contributed by atoms with Gasteiger partial charge in [0.25, 0.3) is 5.79 Å². The van der Waals surface area contributed by atoms with E-state index in [0.29, 0.717) is 18.6 Å². The number of carbonyl (C=O) groups excluding carboxylic acids is 2. The Morgan fingerprint density at radius 1 is 1.13 bits per heavy atom. The standard InChI is InChI=1S/C24H24O6/c1-14-8-17(10-16-6-4-3-5-7-16)9-15(2)21(14)27-13-20(25)29-24-12-18-11-19(22(24)28-18)23(26)30-24/h3-9,18-19,22H,10-13H2,1-2H3. The summed E-state index contributed by atoms with van der Waals surface area (Å²) in [6.45, 7) is 3.68. The van der Waals surface area contributed by atoms with E-state index in [1.54, 1.807) is 0 Å². The van der Waals surface area contributed by atoms with Gasteiger partial charge in [0.05, 0.1) is 18.4 Å². The maximum Gasteiger partial charge on any atom is 0.347 e. The van der Waals surface area contributed by atoms with E-state index in [1.165, 1.54) is 11.1 Å². The lowest BCUT2D eigenvalue weighted by atomic mass is 9.88. The normalized spacial score (nSPS) is 28.5. The third-order valence-electron chi connectivity index (χ3n) is 6.14. The van der Waals surface area contributed by atoms with Gasteiger partial charge in [-0.1, -0.05) is 42.5 Å². The Morgan fingerprint density at radius 3 is 2.57 bits per heavy atom. The molecule has 0 amide bonds. The molecule has 3 aliphatic rings. The summed E-state index contributed by atoms with van der Waals surface area (Å²) in [5, 5.41) is 0. The van der Waals surface area contributed by atoms with Crippen LogP contribution in [0, 0.1) is 19.8 Å². The van der Waals surface area contributed by atoms with Crippen molar-refractivity contribution in [3.63, 3.8) is 0 Å². The Bertz CT molecular complexity index is 977. The van der Waals surface area contributed by atoms with E-state index >= 15 is 0 Å². The van der Waals surface area contributed by atoms with Gasteiger partial charge in [0.15, 0.2) is 6.61 Å². The molecule has 3 heterocycles. The van der Waals surface area contributed by atoms with Crippen molar-refractivity contribution in [2.75, 3.05) is 6.61 Å². The van der Waals surface area contributed by atoms with Gasteiger partial charge in [-0.15, -0.1) is 0 Å². The highest BCUT2D eigenvalue weighted by atomic mass is 16.8. The second-order valence-electron chi connectivity index (χ2n) is 8.44. The van der Waals surface area contributed by atoms with Crippen molar-refractivity contribution in [1.82, 2.24) is 0 Å². The van der Waals surface area contributed by atoms with Gasteiger partial charge in [0, 0.05) is 0 Å². The number of hydrogen-bond donors (Lipinski definition) is 0. The minimum atomic E-state index is -1.27. The molecule has 3 fully saturated rings. The quantitative estimate of drug-likeness (QED) is 0.684. The van der Waals surface area contributed by atoms with Gasteiger partial charge >= 0.3 is 11.9 Å². The second-order valence-corrected chi connectivity index (χ2v) is 8.44. The zero-order chi connectivity index (χ0) is 20.9. The summed E-state index contributed by atoms with van der Waals surface area (Å²) in [5.41, 5.74) is 4.35. The van der Waals surface area contributed by atoms with Gasteiger partial charge in [-0.05, 0) is 48.9 Å². The largest absolute Gasteiger partial charge is 0.481 e. The molecule has 5 rings (SSSR count). The summed E-state index contributed by atoms with van der Waals surface area (Å²) in [4.78, 5) is 24.5. The van der Waals surface area contributed by atoms with Crippen molar-refractivity contribution in [3.05, 3.63) is 64.7 Å². The summed E-state index contributed by atoms with van der Waals surface area (Å²) in [7, 11) is 0. The first-order chi connectivity index (χ1) is 14.4. The van der Waals surface area contributed by atoms with Gasteiger partial charge in [-0.3, -0.25) is 4.79 Å². The first-order valence-corrected chi connectivity index (χ1v) is 10.3. The van der Waals surface area contributed by atoms with E-state index in [0.717, 1.165) is 17.5 Å². The number of esters is 2. The van der Waals surface area contributed by atoms with Gasteiger partial charge < -0.3 is 18.9 Å². The highest BCUT2D eigenvalue weighted by molar-refractivity contribution is 5.79. The SMILES string of the molecule is Cc1cc(Cc2ccccc2)cc(C)c1OCC(=O)OC12CC3CC(C(=O)O1)C2O3. The highest BCUT2D eigenvalue weighted by Gasteiger charge is 2.70. The zero-order valence-corrected chi connectivity index (χ0v) is 17.1. The summed E-state index contributed by atoms with van der Waals surface area (Å²) in [6, 6.07) is 14.4. The van der Waals surface area contributed by atoms with E-state index in [1.807, 2.05) is 32.0 Å². The van der Waals surface area contributed by atoms with E-state index in [2.05, 4.69) is 24.3 Å². The fourth-order valence-electron chi connectivity index (χ4n) is 4.98. The van der Waals surface area contributed by atoms with Crippen LogP contribution in [0.3, 0.4) is 0 Å². The predicted octanol–water partition coefficient (Wildman–Crippen LogP) is 3.25. The second kappa shape index (κ2) is 7.13. The van der Waals surface area contributed by atoms with E-state index < -0.39 is 17.9 Å². The van der Waals surface area contributed by atoms with Crippen LogP contribution in [0.25, 0.3) is 0 Å². The van der Waals surface area contributed by atoms with Gasteiger partial charge in [-0.25, -0.2) is 4.79 Å². The van der Waals surface area contributed by atoms with Crippen molar-refractivity contribution >= 4 is 11.9 Å². The lowest BCUT2D eigenvalue weighted by Gasteiger charge is -2.27. The number of ether oxygens (including phenoxy) is 4. The van der Waals surface area contributed by atoms with Crippen LogP contribution in [0.15, 0.2) is 42.5 Å². The molecular formula is C24H24O6. The molecule has 6 nitrogen and oxygen atoms in total. The minimum absolute atomic E-state index is 0.0817. The highest BCUT2D eigenvalue weighted by Crippen LogP contribution is 2.53. The van der Waals surface area contributed by atoms with E-state index in [9.17, 15) is 9.59 Å². The van der Waals surface area contributed by atoms with Crippen LogP contribution in [0.4, 0.5) is 0 Å². The van der Waals surface area contributed by atoms with E-state index in [-0.39, 0.29) is 24.6 Å². The Morgan fingerprint density at radius 2 is 1.87 bits per heavy atom. The fraction of sp³-hybridized carbons (Fsp3) is 0.417. The number of rotatable bonds is 6. The van der Waals surface area contributed by atoms with Crippen LogP contribution >= 0.6 is 0 Å². The molecule has 2 aromatic rings. The molecule has 30 heavy (non-hydrogen) atoms. The molecule has 0 spiro atoms. The van der Waals surface area contributed by atoms with Crippen molar-refractivity contribution in [1.29, 1.82) is 0 Å². The summed E-state index contributed by atoms with van der Waals surface area (Å²) < 4.78 is 22.5. The predicted molar refractivity (Wildman–Crippen MR) is 107 cm³/mol. The lowest BCUT2D eigenvalue weighted by Crippen LogP contribution is -2.44. The Labute approximate surface area is 175 Å². The van der Waals surface area contributed by atoms with Crippen LogP contribution < -0.4 is 4.74 Å². The molecule has 0 N–H and O–H groups in total. The van der Waals surface area contributed by atoms with Crippen LogP contribution in [0.5, 0.6) is 5.75 Å². The lowest BCUT2D eigenvalue weighted by molar-refractivity contribution is -0.222. The Kier molecular flexibility index (Phi) is 4.54. The molecule has 6 heteroatoms. The summed E-state index contributed by atoms with van der Waals surface area (Å²) >= 11 is 0. The number of benzene rings is 2. The molecule has 4 atom stereocenters. The first-order valence-electron chi connectivity index (χ1n) is 10.3. The van der Waals surface area contributed by atoms with Crippen molar-refractivity contribution < 1.29 is 28.5 Å². The number of carbonyl (C=O) groups is 2. The maximum absolute atomic E-state index is 12.5. The van der Waals surface area contributed by atoms with Crippen LogP contribution in [0.2, 0.25) is 0 Å². The average molecular weight is 408 g/mol. The molecule has 0 saturated carbocycles. The maximum atomic E-state index is 12.5. The van der Waals surface area contributed by atoms with Crippen molar-refractivity contribution in [2.24, 2.45) is 5.92 Å². The van der Waals surface area contributed by atoms with E-state index in [4.69, 9.17) is 18.9 Å². The van der Waals surface area contributed by atoms with Crippen LogP contribution in [0.1, 0.15) is 35.1 Å². The molecular weight excluding hydrogens is 384 g/mol. The van der Waals surface area contributed by atoms with Gasteiger partial charge in [0.2, 0.25) is 0 Å². The molecule has 4 unspecified atom stereocenters. The molecule has 3 aliphatic heterocycles. The Hall–Kier alpha value is -2.86. The molecule has 0 radical (unpaired) electrons. The molecule has 3 saturated heterocycles. The summed E-state index contributed by atoms with van der Waals surface area (Å²) in [5.74, 6) is -1.82. The molecule has 2 bridgehead atoms. The topological polar surface area (TPSA) is 71.1 Å². The number of fused-ring (bicyclic) bond motifs is 1. The monoisotopic (exact) mass is 408 g/mol. The van der Waals surface area contributed by atoms with Crippen molar-refractivity contribution in [3.8, 4) is 5.75 Å². The fourth-order valence-corrected chi connectivity index (χ4v) is 4.98. The molecule has 0 aliphatic carbocycles. The van der Waals surface area contributed by atoms with Crippen LogP contribution in [-0.4, -0.2) is 36.5 Å². The smallest absolute Gasteiger partial charge is 0.347 e. The minimum Gasteiger partial charge on any atom is -0.481 e. The third kappa shape index (κ3) is 3.25. The number of aryl methyl sites for hydroxylation is 2. The zero-order valence-electron chi connectivity index (χ0n) is 17.1. The average Bonchev–Trinajstić information content (AvgIpc) is 3.29. The first kappa shape index (κ1) is 19.1. The van der Waals surface area contributed by atoms with Crippen LogP contribution in [-0.2, 0) is 30.2 Å². The van der Waals surface area contributed by atoms with Crippen molar-refractivity contribution in [2.45, 2.75) is 51.1 Å². The third-order valence-corrected chi connectivity index (χ3v) is 6.14. The van der Waals surface area contributed by atoms with Gasteiger partial charge in [0.1, 0.15) is 11.9 Å². The summed E-state index contributed by atoms with van der Waals surface area (Å²) in [6.07, 6.45) is 1.31. The number of hydrogen-bond acceptors (Lipinski definition) is 6. The Balaban J connectivity index is 1.23. The van der Waals surface area contributed by atoms with Gasteiger partial charge in [-0.2, -0.15) is 0 Å².